The fourth-order valence-electron chi connectivity index (χ4n) is 4.06. The summed E-state index contributed by atoms with van der Waals surface area (Å²) in [4.78, 5) is 12.2. The molecule has 3 aromatic rings. The van der Waals surface area contributed by atoms with Crippen LogP contribution >= 0.6 is 11.6 Å². The van der Waals surface area contributed by atoms with Crippen LogP contribution in [0, 0.1) is 27.7 Å². The first-order valence-corrected chi connectivity index (χ1v) is 9.71. The molecule has 4 heteroatoms. The predicted octanol–water partition coefficient (Wildman–Crippen LogP) is 5.75. The van der Waals surface area contributed by atoms with E-state index in [1.54, 1.807) is 6.07 Å². The van der Waals surface area contributed by atoms with Crippen molar-refractivity contribution >= 4 is 22.6 Å². The number of hydrogen-bond donors (Lipinski definition) is 0. The zero-order valence-corrected chi connectivity index (χ0v) is 16.9. The lowest BCUT2D eigenvalue weighted by Crippen LogP contribution is -2.07. The lowest BCUT2D eigenvalue weighted by Gasteiger charge is -2.17. The highest BCUT2D eigenvalue weighted by molar-refractivity contribution is 6.32. The van der Waals surface area contributed by atoms with Gasteiger partial charge in [-0.05, 0) is 86.4 Å². The van der Waals surface area contributed by atoms with Crippen molar-refractivity contribution in [3.63, 3.8) is 0 Å². The molecule has 0 N–H and O–H groups in total. The van der Waals surface area contributed by atoms with Crippen LogP contribution in [0.5, 0.6) is 5.75 Å². The number of benzene rings is 2. The van der Waals surface area contributed by atoms with Crippen molar-refractivity contribution in [2.75, 3.05) is 0 Å². The molecule has 3 nitrogen and oxygen atoms in total. The maximum atomic E-state index is 12.2. The average Bonchev–Trinajstić information content (AvgIpc) is 3.12. The first kappa shape index (κ1) is 18.1. The zero-order chi connectivity index (χ0) is 19.3. The second-order valence-corrected chi connectivity index (χ2v) is 7.91. The topological polar surface area (TPSA) is 39.4 Å². The lowest BCUT2D eigenvalue weighted by molar-refractivity contribution is 0.304. The van der Waals surface area contributed by atoms with Gasteiger partial charge in [0.2, 0.25) is 0 Å². The summed E-state index contributed by atoms with van der Waals surface area (Å²) in [7, 11) is 0. The van der Waals surface area contributed by atoms with Gasteiger partial charge in [0.25, 0.3) is 0 Å². The molecular formula is C23H23ClO3. The fraction of sp³-hybridized carbons (Fsp3) is 0.348. The number of ether oxygens (including phenoxy) is 1. The van der Waals surface area contributed by atoms with E-state index >= 15 is 0 Å². The van der Waals surface area contributed by atoms with Crippen LogP contribution in [0.4, 0.5) is 0 Å². The highest BCUT2D eigenvalue weighted by Crippen LogP contribution is 2.35. The minimum atomic E-state index is -0.232. The van der Waals surface area contributed by atoms with Gasteiger partial charge >= 0.3 is 5.63 Å². The second-order valence-electron chi connectivity index (χ2n) is 7.51. The molecule has 1 aliphatic carbocycles. The number of halogens is 1. The Morgan fingerprint density at radius 2 is 1.67 bits per heavy atom. The molecule has 1 aromatic heterocycles. The molecule has 0 spiro atoms. The third kappa shape index (κ3) is 3.04. The molecule has 0 fully saturated rings. The molecule has 0 aliphatic heterocycles. The minimum Gasteiger partial charge on any atom is -0.487 e. The van der Waals surface area contributed by atoms with Gasteiger partial charge in [0, 0.05) is 17.0 Å². The molecule has 1 aliphatic rings. The largest absolute Gasteiger partial charge is 0.487 e. The summed E-state index contributed by atoms with van der Waals surface area (Å²) >= 11 is 6.51. The van der Waals surface area contributed by atoms with Crippen LogP contribution in [0.1, 0.15) is 45.4 Å². The van der Waals surface area contributed by atoms with Crippen LogP contribution < -0.4 is 10.4 Å². The molecule has 0 atom stereocenters. The smallest absolute Gasteiger partial charge is 0.339 e. The first-order valence-electron chi connectivity index (χ1n) is 9.34. The standard InChI is InChI=1S/C23H23ClO3/c1-12-8-13(2)15(4)19(14(12)3)11-26-22-10-21-18(9-20(22)24)16-6-5-7-17(16)23(25)27-21/h8-10H,5-7,11H2,1-4H3. The Morgan fingerprint density at radius 1 is 1.00 bits per heavy atom. The molecule has 27 heavy (non-hydrogen) atoms. The maximum absolute atomic E-state index is 12.2. The molecule has 2 aromatic carbocycles. The van der Waals surface area contributed by atoms with Crippen molar-refractivity contribution in [2.24, 2.45) is 0 Å². The van der Waals surface area contributed by atoms with Crippen molar-refractivity contribution in [2.45, 2.75) is 53.6 Å². The molecule has 0 radical (unpaired) electrons. The van der Waals surface area contributed by atoms with Crippen LogP contribution in [0.2, 0.25) is 5.02 Å². The summed E-state index contributed by atoms with van der Waals surface area (Å²) in [6.07, 6.45) is 2.67. The number of rotatable bonds is 3. The Kier molecular flexibility index (Phi) is 4.51. The SMILES string of the molecule is Cc1cc(C)c(C)c(COc2cc3oc(=O)c4c(c3cc2Cl)CCC4)c1C. The van der Waals surface area contributed by atoms with Crippen LogP contribution in [0.15, 0.2) is 27.4 Å². The highest BCUT2D eigenvalue weighted by Gasteiger charge is 2.21. The molecule has 0 amide bonds. The van der Waals surface area contributed by atoms with Gasteiger partial charge in [-0.15, -0.1) is 0 Å². The fourth-order valence-corrected chi connectivity index (χ4v) is 4.28. The molecule has 0 saturated carbocycles. The predicted molar refractivity (Wildman–Crippen MR) is 109 cm³/mol. The van der Waals surface area contributed by atoms with Gasteiger partial charge in [0.1, 0.15) is 17.9 Å². The molecule has 1 heterocycles. The summed E-state index contributed by atoms with van der Waals surface area (Å²) in [5.41, 5.74) is 8.35. The third-order valence-electron chi connectivity index (χ3n) is 5.92. The van der Waals surface area contributed by atoms with Crippen molar-refractivity contribution in [3.05, 3.63) is 72.6 Å². The Labute approximate surface area is 163 Å². The minimum absolute atomic E-state index is 0.232. The Hall–Kier alpha value is -2.26. The number of hydrogen-bond acceptors (Lipinski definition) is 3. The van der Waals surface area contributed by atoms with Crippen molar-refractivity contribution in [1.29, 1.82) is 0 Å². The van der Waals surface area contributed by atoms with E-state index in [2.05, 4.69) is 33.8 Å². The molecule has 0 saturated heterocycles. The zero-order valence-electron chi connectivity index (χ0n) is 16.2. The van der Waals surface area contributed by atoms with E-state index in [4.69, 9.17) is 20.8 Å². The van der Waals surface area contributed by atoms with E-state index in [0.29, 0.717) is 23.0 Å². The lowest BCUT2D eigenvalue weighted by atomic mass is 9.95. The van der Waals surface area contributed by atoms with Crippen molar-refractivity contribution in [1.82, 2.24) is 0 Å². The number of aryl methyl sites for hydroxylation is 3. The molecule has 4 rings (SSSR count). The van der Waals surface area contributed by atoms with Gasteiger partial charge in [-0.3, -0.25) is 0 Å². The van der Waals surface area contributed by atoms with E-state index in [1.807, 2.05) is 6.07 Å². The normalized spacial score (nSPS) is 13.2. The quantitative estimate of drug-likeness (QED) is 0.541. The van der Waals surface area contributed by atoms with Gasteiger partial charge in [0.15, 0.2) is 0 Å². The molecule has 0 bridgehead atoms. The maximum Gasteiger partial charge on any atom is 0.339 e. The van der Waals surface area contributed by atoms with Gasteiger partial charge in [-0.25, -0.2) is 4.79 Å². The third-order valence-corrected chi connectivity index (χ3v) is 6.21. The van der Waals surface area contributed by atoms with E-state index in [1.165, 1.54) is 27.8 Å². The monoisotopic (exact) mass is 382 g/mol. The van der Waals surface area contributed by atoms with Crippen molar-refractivity contribution in [3.8, 4) is 5.75 Å². The summed E-state index contributed by atoms with van der Waals surface area (Å²) in [5.74, 6) is 0.545. The van der Waals surface area contributed by atoms with Gasteiger partial charge in [0.05, 0.1) is 5.02 Å². The van der Waals surface area contributed by atoms with E-state index in [0.717, 1.165) is 35.8 Å². The highest BCUT2D eigenvalue weighted by atomic mass is 35.5. The summed E-state index contributed by atoms with van der Waals surface area (Å²) in [5, 5.41) is 1.48. The molecular weight excluding hydrogens is 360 g/mol. The van der Waals surface area contributed by atoms with Gasteiger partial charge in [-0.1, -0.05) is 17.7 Å². The number of fused-ring (bicyclic) bond motifs is 3. The summed E-state index contributed by atoms with van der Waals surface area (Å²) in [6, 6.07) is 5.83. The molecule has 0 unspecified atom stereocenters. The summed E-state index contributed by atoms with van der Waals surface area (Å²) in [6.45, 7) is 8.89. The van der Waals surface area contributed by atoms with Crippen LogP contribution in [0.3, 0.4) is 0 Å². The average molecular weight is 383 g/mol. The Morgan fingerprint density at radius 3 is 2.37 bits per heavy atom. The van der Waals surface area contributed by atoms with Crippen molar-refractivity contribution < 1.29 is 9.15 Å². The van der Waals surface area contributed by atoms with E-state index in [9.17, 15) is 4.79 Å². The van der Waals surface area contributed by atoms with Gasteiger partial charge in [-0.2, -0.15) is 0 Å². The first-order chi connectivity index (χ1) is 12.9. The Balaban J connectivity index is 1.73. The molecule has 140 valence electrons. The van der Waals surface area contributed by atoms with E-state index < -0.39 is 0 Å². The van der Waals surface area contributed by atoms with Crippen LogP contribution in [0.25, 0.3) is 11.0 Å². The van der Waals surface area contributed by atoms with Crippen LogP contribution in [-0.4, -0.2) is 0 Å². The van der Waals surface area contributed by atoms with Gasteiger partial charge < -0.3 is 9.15 Å². The van der Waals surface area contributed by atoms with Crippen LogP contribution in [-0.2, 0) is 19.4 Å². The Bertz CT molecular complexity index is 1100. The second kappa shape index (κ2) is 6.72. The van der Waals surface area contributed by atoms with E-state index in [-0.39, 0.29) is 5.63 Å². The summed E-state index contributed by atoms with van der Waals surface area (Å²) < 4.78 is 11.6.